The van der Waals surface area contributed by atoms with E-state index in [0.29, 0.717) is 51.2 Å². The lowest BCUT2D eigenvalue weighted by atomic mass is 10.0. The molecule has 0 saturated carbocycles. The minimum Gasteiger partial charge on any atom is -0.484 e. The molecular weight excluding hydrogens is 384 g/mol. The van der Waals surface area contributed by atoms with E-state index in [9.17, 15) is 4.79 Å². The normalized spacial score (nSPS) is 14.1. The lowest BCUT2D eigenvalue weighted by molar-refractivity contribution is -0.133. The van der Waals surface area contributed by atoms with Gasteiger partial charge in [-0.1, -0.05) is 26.0 Å². The molecule has 1 fully saturated rings. The standard InChI is InChI=1S/C22H30N4O4/c1-17(2)18-4-6-19(7-5-18)30-16-22(27)26-12-10-25(11-13-26)20-8-9-21(24-23-20)29-15-14-28-3/h4-9,17H,10-16H2,1-3H3. The second kappa shape index (κ2) is 10.8. The second-order valence-corrected chi connectivity index (χ2v) is 7.45. The average molecular weight is 415 g/mol. The van der Waals surface area contributed by atoms with Crippen LogP contribution in [-0.4, -0.2) is 74.1 Å². The SMILES string of the molecule is COCCOc1ccc(N2CCN(C(=O)COc3ccc(C(C)C)cc3)CC2)nn1. The molecule has 0 unspecified atom stereocenters. The fourth-order valence-electron chi connectivity index (χ4n) is 3.16. The molecule has 30 heavy (non-hydrogen) atoms. The summed E-state index contributed by atoms with van der Waals surface area (Å²) in [7, 11) is 1.62. The Morgan fingerprint density at radius 1 is 0.967 bits per heavy atom. The van der Waals surface area contributed by atoms with Crippen LogP contribution in [0.4, 0.5) is 5.82 Å². The van der Waals surface area contributed by atoms with E-state index in [4.69, 9.17) is 14.2 Å². The maximum Gasteiger partial charge on any atom is 0.260 e. The number of hydrogen-bond donors (Lipinski definition) is 0. The Kier molecular flexibility index (Phi) is 7.84. The summed E-state index contributed by atoms with van der Waals surface area (Å²) < 4.78 is 16.1. The average Bonchev–Trinajstić information content (AvgIpc) is 2.78. The predicted molar refractivity (Wildman–Crippen MR) is 114 cm³/mol. The summed E-state index contributed by atoms with van der Waals surface area (Å²) in [4.78, 5) is 16.4. The summed E-state index contributed by atoms with van der Waals surface area (Å²) in [5.74, 6) is 2.44. The molecule has 2 heterocycles. The molecule has 162 valence electrons. The van der Waals surface area contributed by atoms with Crippen LogP contribution in [0.5, 0.6) is 11.6 Å². The monoisotopic (exact) mass is 414 g/mol. The Morgan fingerprint density at radius 3 is 2.30 bits per heavy atom. The highest BCUT2D eigenvalue weighted by molar-refractivity contribution is 5.78. The summed E-state index contributed by atoms with van der Waals surface area (Å²) in [5, 5.41) is 8.32. The molecule has 0 aliphatic carbocycles. The Labute approximate surface area is 177 Å². The Hall–Kier alpha value is -2.87. The molecule has 1 saturated heterocycles. The van der Waals surface area contributed by atoms with Gasteiger partial charge in [-0.15, -0.1) is 10.2 Å². The van der Waals surface area contributed by atoms with Crippen LogP contribution >= 0.6 is 0 Å². The van der Waals surface area contributed by atoms with E-state index < -0.39 is 0 Å². The van der Waals surface area contributed by atoms with Crippen molar-refractivity contribution in [2.24, 2.45) is 0 Å². The maximum atomic E-state index is 12.5. The van der Waals surface area contributed by atoms with Crippen LogP contribution in [0.15, 0.2) is 36.4 Å². The zero-order valence-electron chi connectivity index (χ0n) is 17.9. The van der Waals surface area contributed by atoms with Crippen molar-refractivity contribution in [3.05, 3.63) is 42.0 Å². The van der Waals surface area contributed by atoms with Crippen LogP contribution in [0.3, 0.4) is 0 Å². The van der Waals surface area contributed by atoms with Crippen LogP contribution in [0.25, 0.3) is 0 Å². The molecule has 0 atom stereocenters. The fraction of sp³-hybridized carbons (Fsp3) is 0.500. The van der Waals surface area contributed by atoms with Gasteiger partial charge in [-0.2, -0.15) is 0 Å². The van der Waals surface area contributed by atoms with Gasteiger partial charge in [-0.25, -0.2) is 0 Å². The highest BCUT2D eigenvalue weighted by Gasteiger charge is 2.22. The summed E-state index contributed by atoms with van der Waals surface area (Å²) >= 11 is 0. The summed E-state index contributed by atoms with van der Waals surface area (Å²) in [6.07, 6.45) is 0. The quantitative estimate of drug-likeness (QED) is 0.583. The van der Waals surface area contributed by atoms with Gasteiger partial charge in [0.15, 0.2) is 12.4 Å². The molecule has 1 aromatic carbocycles. The molecular formula is C22H30N4O4. The van der Waals surface area contributed by atoms with Gasteiger partial charge < -0.3 is 24.0 Å². The molecule has 1 aliphatic rings. The largest absolute Gasteiger partial charge is 0.484 e. The highest BCUT2D eigenvalue weighted by Crippen LogP contribution is 2.19. The summed E-state index contributed by atoms with van der Waals surface area (Å²) in [5.41, 5.74) is 1.25. The van der Waals surface area contributed by atoms with E-state index in [1.807, 2.05) is 35.2 Å². The fourth-order valence-corrected chi connectivity index (χ4v) is 3.16. The Bertz CT molecular complexity index is 788. The first-order valence-electron chi connectivity index (χ1n) is 10.3. The number of hydrogen-bond acceptors (Lipinski definition) is 7. The summed E-state index contributed by atoms with van der Waals surface area (Å²) in [6, 6.07) is 11.6. The van der Waals surface area contributed by atoms with Crippen molar-refractivity contribution in [2.75, 3.05) is 58.0 Å². The number of aromatic nitrogens is 2. The van der Waals surface area contributed by atoms with E-state index in [1.165, 1.54) is 5.56 Å². The molecule has 0 radical (unpaired) electrons. The molecule has 1 aliphatic heterocycles. The van der Waals surface area contributed by atoms with Crippen molar-refractivity contribution in [3.8, 4) is 11.6 Å². The summed E-state index contributed by atoms with van der Waals surface area (Å²) in [6.45, 7) is 7.95. The molecule has 1 amide bonds. The molecule has 0 N–H and O–H groups in total. The maximum absolute atomic E-state index is 12.5. The first-order chi connectivity index (χ1) is 14.6. The number of nitrogens with zero attached hydrogens (tertiary/aromatic N) is 4. The molecule has 3 rings (SSSR count). The number of anilines is 1. The molecule has 2 aromatic rings. The van der Waals surface area contributed by atoms with Gasteiger partial charge >= 0.3 is 0 Å². The van der Waals surface area contributed by atoms with E-state index in [2.05, 4.69) is 28.9 Å². The van der Waals surface area contributed by atoms with Crippen LogP contribution in [0.2, 0.25) is 0 Å². The van der Waals surface area contributed by atoms with Crippen molar-refractivity contribution >= 4 is 11.7 Å². The van der Waals surface area contributed by atoms with Crippen LogP contribution in [-0.2, 0) is 9.53 Å². The van der Waals surface area contributed by atoms with Gasteiger partial charge in [-0.3, -0.25) is 4.79 Å². The van der Waals surface area contributed by atoms with E-state index in [0.717, 1.165) is 11.6 Å². The lowest BCUT2D eigenvalue weighted by Crippen LogP contribution is -2.50. The molecule has 1 aromatic heterocycles. The second-order valence-electron chi connectivity index (χ2n) is 7.45. The number of piperazine rings is 1. The number of methoxy groups -OCH3 is 1. The first kappa shape index (κ1) is 21.8. The van der Waals surface area contributed by atoms with Gasteiger partial charge in [-0.05, 0) is 29.7 Å². The molecule has 0 spiro atoms. The van der Waals surface area contributed by atoms with Gasteiger partial charge in [0.25, 0.3) is 5.91 Å². The Morgan fingerprint density at radius 2 is 1.70 bits per heavy atom. The third-order valence-electron chi connectivity index (χ3n) is 5.03. The number of ether oxygens (including phenoxy) is 3. The van der Waals surface area contributed by atoms with Crippen molar-refractivity contribution in [1.82, 2.24) is 15.1 Å². The van der Waals surface area contributed by atoms with Gasteiger partial charge in [0.1, 0.15) is 12.4 Å². The van der Waals surface area contributed by atoms with E-state index in [1.54, 1.807) is 13.2 Å². The minimum absolute atomic E-state index is 0.00411. The number of benzene rings is 1. The minimum atomic E-state index is -0.00411. The van der Waals surface area contributed by atoms with E-state index in [-0.39, 0.29) is 12.5 Å². The zero-order valence-corrected chi connectivity index (χ0v) is 17.9. The first-order valence-corrected chi connectivity index (χ1v) is 10.3. The van der Waals surface area contributed by atoms with Gasteiger partial charge in [0, 0.05) is 39.4 Å². The van der Waals surface area contributed by atoms with Crippen LogP contribution < -0.4 is 14.4 Å². The van der Waals surface area contributed by atoms with Gasteiger partial charge in [0.2, 0.25) is 5.88 Å². The highest BCUT2D eigenvalue weighted by atomic mass is 16.5. The smallest absolute Gasteiger partial charge is 0.260 e. The topological polar surface area (TPSA) is 77.0 Å². The molecule has 0 bridgehead atoms. The Balaban J connectivity index is 1.42. The molecule has 8 nitrogen and oxygen atoms in total. The van der Waals surface area contributed by atoms with Crippen molar-refractivity contribution in [2.45, 2.75) is 19.8 Å². The van der Waals surface area contributed by atoms with Crippen LogP contribution in [0.1, 0.15) is 25.3 Å². The van der Waals surface area contributed by atoms with Crippen LogP contribution in [0, 0.1) is 0 Å². The van der Waals surface area contributed by atoms with Crippen molar-refractivity contribution < 1.29 is 19.0 Å². The van der Waals surface area contributed by atoms with Crippen molar-refractivity contribution in [3.63, 3.8) is 0 Å². The third-order valence-corrected chi connectivity index (χ3v) is 5.03. The number of carbonyl (C=O) groups excluding carboxylic acids is 1. The van der Waals surface area contributed by atoms with Crippen molar-refractivity contribution in [1.29, 1.82) is 0 Å². The number of carbonyl (C=O) groups is 1. The number of rotatable bonds is 9. The number of amides is 1. The van der Waals surface area contributed by atoms with E-state index >= 15 is 0 Å². The predicted octanol–water partition coefficient (Wildman–Crippen LogP) is 2.35. The lowest BCUT2D eigenvalue weighted by Gasteiger charge is -2.35. The third kappa shape index (κ3) is 6.06. The molecule has 8 heteroatoms. The van der Waals surface area contributed by atoms with Gasteiger partial charge in [0.05, 0.1) is 6.61 Å². The zero-order chi connectivity index (χ0) is 21.3.